The molecule has 14 heteroatoms. The summed E-state index contributed by atoms with van der Waals surface area (Å²) in [5.74, 6) is -0.501. The lowest BCUT2D eigenvalue weighted by atomic mass is 10.0. The van der Waals surface area contributed by atoms with Crippen LogP contribution in [-0.4, -0.2) is 23.5 Å². The van der Waals surface area contributed by atoms with E-state index in [4.69, 9.17) is 4.74 Å². The van der Waals surface area contributed by atoms with Crippen molar-refractivity contribution < 1.29 is 54.1 Å². The molecule has 0 aliphatic rings. The number of aliphatic hydroxyl groups excluding tert-OH is 1. The van der Waals surface area contributed by atoms with Crippen LogP contribution in [0, 0.1) is 0 Å². The van der Waals surface area contributed by atoms with E-state index < -0.39 is 47.6 Å². The Morgan fingerprint density at radius 2 is 1.32 bits per heavy atom. The number of thioether (sulfide) groups is 1. The van der Waals surface area contributed by atoms with Gasteiger partial charge in [0.2, 0.25) is 0 Å². The van der Waals surface area contributed by atoms with Crippen molar-refractivity contribution in [3.05, 3.63) is 114 Å². The largest absolute Gasteiger partial charge is 0.573 e. The molecule has 0 aliphatic carbocycles. The molecule has 234 valence electrons. The summed E-state index contributed by atoms with van der Waals surface area (Å²) in [4.78, 5) is 1.23. The third kappa shape index (κ3) is 9.48. The van der Waals surface area contributed by atoms with Gasteiger partial charge in [0.05, 0.1) is 11.7 Å². The van der Waals surface area contributed by atoms with Crippen molar-refractivity contribution in [3.63, 3.8) is 0 Å². The van der Waals surface area contributed by atoms with Crippen LogP contribution in [-0.2, 0) is 12.7 Å². The van der Waals surface area contributed by atoms with E-state index in [1.807, 2.05) is 0 Å². The summed E-state index contributed by atoms with van der Waals surface area (Å²) in [6, 6.07) is 20.4. The molecule has 0 heterocycles. The molecule has 4 rings (SSSR count). The zero-order valence-electron chi connectivity index (χ0n) is 22.3. The Kier molecular flexibility index (Phi) is 9.94. The zero-order chi connectivity index (χ0) is 32.1. The molecule has 1 N–H and O–H groups in total. The highest BCUT2D eigenvalue weighted by molar-refractivity contribution is 8.00. The maximum atomic E-state index is 13.7. The van der Waals surface area contributed by atoms with Gasteiger partial charge in [-0.1, -0.05) is 48.5 Å². The van der Waals surface area contributed by atoms with Crippen molar-refractivity contribution in [3.8, 4) is 17.2 Å². The van der Waals surface area contributed by atoms with Gasteiger partial charge in [0.15, 0.2) is 0 Å². The molecule has 0 aromatic heterocycles. The van der Waals surface area contributed by atoms with E-state index in [9.17, 15) is 44.6 Å². The van der Waals surface area contributed by atoms with Crippen LogP contribution < -0.4 is 14.4 Å². The lowest BCUT2D eigenvalue weighted by Crippen LogP contribution is -2.29. The van der Waals surface area contributed by atoms with Crippen molar-refractivity contribution in [2.75, 3.05) is 11.4 Å². The SMILES string of the molecule is OC(CN(Cc1ccccc1SC(F)(F)F)c1cccc(Oc2cccc(OC(F)(F)F)c2)c1)c1ccccc1C(F)(F)F. The average Bonchev–Trinajstić information content (AvgIpc) is 2.92. The highest BCUT2D eigenvalue weighted by Crippen LogP contribution is 2.40. The van der Waals surface area contributed by atoms with Gasteiger partial charge >= 0.3 is 18.0 Å². The minimum Gasteiger partial charge on any atom is -0.457 e. The molecule has 4 nitrogen and oxygen atoms in total. The molecule has 0 aliphatic heterocycles. The van der Waals surface area contributed by atoms with Gasteiger partial charge in [0.1, 0.15) is 17.2 Å². The highest BCUT2D eigenvalue weighted by atomic mass is 32.2. The first-order valence-electron chi connectivity index (χ1n) is 12.6. The Bertz CT molecular complexity index is 1560. The van der Waals surface area contributed by atoms with Gasteiger partial charge in [0, 0.05) is 35.8 Å². The van der Waals surface area contributed by atoms with E-state index in [0.29, 0.717) is 0 Å². The van der Waals surface area contributed by atoms with Crippen molar-refractivity contribution in [1.82, 2.24) is 0 Å². The van der Waals surface area contributed by atoms with E-state index in [1.54, 1.807) is 0 Å². The third-order valence-corrected chi connectivity index (χ3v) is 6.89. The summed E-state index contributed by atoms with van der Waals surface area (Å²) in [6.07, 6.45) is -11.4. The Morgan fingerprint density at radius 1 is 0.705 bits per heavy atom. The average molecular weight is 648 g/mol. The van der Waals surface area contributed by atoms with Crippen LogP contribution in [0.4, 0.5) is 45.2 Å². The molecule has 0 bridgehead atoms. The summed E-state index contributed by atoms with van der Waals surface area (Å²) in [6.45, 7) is -0.737. The fraction of sp³-hybridized carbons (Fsp3) is 0.200. The maximum Gasteiger partial charge on any atom is 0.573 e. The van der Waals surface area contributed by atoms with Gasteiger partial charge in [-0.15, -0.1) is 13.2 Å². The molecule has 0 fully saturated rings. The van der Waals surface area contributed by atoms with Gasteiger partial charge in [-0.2, -0.15) is 26.3 Å². The molecule has 1 unspecified atom stereocenters. The second-order valence-corrected chi connectivity index (χ2v) is 10.4. The van der Waals surface area contributed by atoms with Crippen molar-refractivity contribution >= 4 is 17.4 Å². The zero-order valence-corrected chi connectivity index (χ0v) is 23.1. The molecule has 0 spiro atoms. The summed E-state index contributed by atoms with van der Waals surface area (Å²) < 4.78 is 128. The highest BCUT2D eigenvalue weighted by Gasteiger charge is 2.35. The molecule has 0 saturated carbocycles. The topological polar surface area (TPSA) is 41.9 Å². The van der Waals surface area contributed by atoms with Gasteiger partial charge in [0.25, 0.3) is 0 Å². The van der Waals surface area contributed by atoms with Crippen LogP contribution >= 0.6 is 11.8 Å². The Morgan fingerprint density at radius 3 is 2.00 bits per heavy atom. The van der Waals surface area contributed by atoms with E-state index in [1.165, 1.54) is 71.6 Å². The molecule has 0 amide bonds. The molecule has 4 aromatic rings. The Balaban J connectivity index is 1.69. The fourth-order valence-corrected chi connectivity index (χ4v) is 4.95. The molecule has 0 radical (unpaired) electrons. The molecule has 0 saturated heterocycles. The van der Waals surface area contributed by atoms with Gasteiger partial charge in [-0.3, -0.25) is 0 Å². The second kappa shape index (κ2) is 13.3. The normalized spacial score (nSPS) is 13.0. The second-order valence-electron chi connectivity index (χ2n) is 9.26. The van der Waals surface area contributed by atoms with Gasteiger partial charge in [-0.25, -0.2) is 0 Å². The number of ether oxygens (including phenoxy) is 2. The first-order chi connectivity index (χ1) is 20.6. The van der Waals surface area contributed by atoms with Crippen molar-refractivity contribution in [2.45, 2.75) is 35.6 Å². The van der Waals surface area contributed by atoms with Crippen LogP contribution in [0.1, 0.15) is 22.8 Å². The molecular weight excluding hydrogens is 625 g/mol. The summed E-state index contributed by atoms with van der Waals surface area (Å²) in [5.41, 5.74) is -5.71. The molecule has 4 aromatic carbocycles. The number of anilines is 1. The van der Waals surface area contributed by atoms with Crippen LogP contribution in [0.3, 0.4) is 0 Å². The monoisotopic (exact) mass is 647 g/mol. The van der Waals surface area contributed by atoms with E-state index in [0.717, 1.165) is 30.3 Å². The number of benzene rings is 4. The quantitative estimate of drug-likeness (QED) is 0.137. The van der Waals surface area contributed by atoms with Crippen LogP contribution in [0.15, 0.2) is 102 Å². The van der Waals surface area contributed by atoms with Crippen LogP contribution in [0.25, 0.3) is 0 Å². The number of nitrogens with zero attached hydrogens (tertiary/aromatic N) is 1. The molecule has 44 heavy (non-hydrogen) atoms. The number of halogens is 9. The smallest absolute Gasteiger partial charge is 0.457 e. The van der Waals surface area contributed by atoms with Crippen LogP contribution in [0.2, 0.25) is 0 Å². The predicted molar refractivity (Wildman–Crippen MR) is 145 cm³/mol. The number of aliphatic hydroxyl groups is 1. The van der Waals surface area contributed by atoms with E-state index in [-0.39, 0.29) is 46.0 Å². The summed E-state index contributed by atoms with van der Waals surface area (Å²) >= 11 is -0.359. The lowest BCUT2D eigenvalue weighted by molar-refractivity contribution is -0.274. The van der Waals surface area contributed by atoms with Crippen molar-refractivity contribution in [2.24, 2.45) is 0 Å². The standard InChI is InChI=1S/C30H22F9NO3S/c31-28(32,33)25-13-3-2-12-24(25)26(41)18-40(17-19-7-1-4-14-27(19)44-30(37,38)39)20-8-5-9-21(15-20)42-22-10-6-11-23(16-22)43-29(34,35)36/h1-16,26,41H,17-18H2. The maximum absolute atomic E-state index is 13.7. The molecule has 1 atom stereocenters. The number of hydrogen-bond donors (Lipinski definition) is 1. The Hall–Kier alpha value is -4.04. The summed E-state index contributed by atoms with van der Waals surface area (Å²) in [5, 5.41) is 11.0. The van der Waals surface area contributed by atoms with Crippen molar-refractivity contribution in [1.29, 1.82) is 0 Å². The van der Waals surface area contributed by atoms with E-state index >= 15 is 0 Å². The first kappa shape index (κ1) is 32.9. The Labute approximate surface area is 249 Å². The van der Waals surface area contributed by atoms with Gasteiger partial charge in [-0.05, 0) is 59.3 Å². The number of hydrogen-bond acceptors (Lipinski definition) is 5. The number of rotatable bonds is 10. The minimum atomic E-state index is -4.94. The lowest BCUT2D eigenvalue weighted by Gasteiger charge is -2.29. The molecular formula is C30H22F9NO3S. The van der Waals surface area contributed by atoms with E-state index in [2.05, 4.69) is 4.74 Å². The summed E-state index contributed by atoms with van der Waals surface area (Å²) in [7, 11) is 0. The number of alkyl halides is 9. The van der Waals surface area contributed by atoms with Crippen LogP contribution in [0.5, 0.6) is 17.2 Å². The fourth-order valence-electron chi connectivity index (χ4n) is 4.29. The third-order valence-electron chi connectivity index (χ3n) is 6.04. The van der Waals surface area contributed by atoms with Gasteiger partial charge < -0.3 is 19.5 Å². The first-order valence-corrected chi connectivity index (χ1v) is 13.5. The predicted octanol–water partition coefficient (Wildman–Crippen LogP) is 9.75. The minimum absolute atomic E-state index is 0.0403.